The second kappa shape index (κ2) is 7.55. The number of aromatic nitrogens is 3. The highest BCUT2D eigenvalue weighted by Gasteiger charge is 2.05. The minimum absolute atomic E-state index is 0.450. The lowest BCUT2D eigenvalue weighted by molar-refractivity contribution is 0.687. The minimum Gasteiger partial charge on any atom is -0.332 e. The van der Waals surface area contributed by atoms with Crippen LogP contribution < -0.4 is 10.6 Å². The molecule has 5 nitrogen and oxygen atoms in total. The van der Waals surface area contributed by atoms with E-state index in [-0.39, 0.29) is 0 Å². The average Bonchev–Trinajstić information content (AvgIpc) is 2.96. The van der Waals surface area contributed by atoms with Crippen LogP contribution in [0, 0.1) is 6.92 Å². The highest BCUT2D eigenvalue weighted by molar-refractivity contribution is 9.10. The summed E-state index contributed by atoms with van der Waals surface area (Å²) in [6, 6.07) is 16.1. The SMILES string of the molecule is Cc1cccc(Cn2cnc(NC(=S)Nc3ccc(Br)cc3)n2)c1. The number of halogens is 1. The first kappa shape index (κ1) is 16.6. The first-order valence-corrected chi connectivity index (χ1v) is 8.57. The quantitative estimate of drug-likeness (QED) is 0.641. The molecule has 0 amide bonds. The van der Waals surface area contributed by atoms with Gasteiger partial charge in [-0.15, -0.1) is 5.10 Å². The molecule has 0 spiro atoms. The smallest absolute Gasteiger partial charge is 0.248 e. The average molecular weight is 402 g/mol. The first-order valence-electron chi connectivity index (χ1n) is 7.37. The van der Waals surface area contributed by atoms with E-state index in [9.17, 15) is 0 Å². The van der Waals surface area contributed by atoms with Crippen molar-refractivity contribution in [1.82, 2.24) is 14.8 Å². The highest BCUT2D eigenvalue weighted by Crippen LogP contribution is 2.14. The number of benzene rings is 2. The normalized spacial score (nSPS) is 10.4. The van der Waals surface area contributed by atoms with E-state index in [0.29, 0.717) is 17.6 Å². The summed E-state index contributed by atoms with van der Waals surface area (Å²) in [5.74, 6) is 0.470. The molecular weight excluding hydrogens is 386 g/mol. The molecule has 0 fully saturated rings. The monoisotopic (exact) mass is 401 g/mol. The van der Waals surface area contributed by atoms with Crippen LogP contribution in [0.5, 0.6) is 0 Å². The van der Waals surface area contributed by atoms with Gasteiger partial charge in [-0.1, -0.05) is 45.8 Å². The van der Waals surface area contributed by atoms with Crippen LogP contribution in [0.15, 0.2) is 59.3 Å². The van der Waals surface area contributed by atoms with E-state index in [1.165, 1.54) is 11.1 Å². The van der Waals surface area contributed by atoms with Gasteiger partial charge in [0.25, 0.3) is 0 Å². The molecule has 0 saturated heterocycles. The molecule has 2 aromatic carbocycles. The fourth-order valence-corrected chi connectivity index (χ4v) is 2.70. The van der Waals surface area contributed by atoms with Crippen molar-refractivity contribution >= 4 is 44.9 Å². The Balaban J connectivity index is 1.59. The van der Waals surface area contributed by atoms with Crippen LogP contribution in [0.25, 0.3) is 0 Å². The number of nitrogens with zero attached hydrogens (tertiary/aromatic N) is 3. The Bertz CT molecular complexity index is 844. The van der Waals surface area contributed by atoms with Crippen molar-refractivity contribution in [3.8, 4) is 0 Å². The summed E-state index contributed by atoms with van der Waals surface area (Å²) in [7, 11) is 0. The van der Waals surface area contributed by atoms with Gasteiger partial charge < -0.3 is 5.32 Å². The van der Waals surface area contributed by atoms with E-state index < -0.39 is 0 Å². The number of aryl methyl sites for hydroxylation is 1. The molecule has 7 heteroatoms. The number of hydrogen-bond acceptors (Lipinski definition) is 3. The molecule has 0 atom stereocenters. The maximum absolute atomic E-state index is 5.28. The number of anilines is 2. The van der Waals surface area contributed by atoms with Crippen LogP contribution in [0.4, 0.5) is 11.6 Å². The van der Waals surface area contributed by atoms with Crippen molar-refractivity contribution in [3.05, 3.63) is 70.5 Å². The zero-order chi connectivity index (χ0) is 16.9. The van der Waals surface area contributed by atoms with Crippen molar-refractivity contribution in [1.29, 1.82) is 0 Å². The van der Waals surface area contributed by atoms with Crippen molar-refractivity contribution in [2.75, 3.05) is 10.6 Å². The molecule has 0 aliphatic rings. The van der Waals surface area contributed by atoms with Gasteiger partial charge in [0.05, 0.1) is 6.54 Å². The van der Waals surface area contributed by atoms with Crippen LogP contribution in [-0.2, 0) is 6.54 Å². The summed E-state index contributed by atoms with van der Waals surface area (Å²) >= 11 is 8.68. The zero-order valence-corrected chi connectivity index (χ0v) is 15.4. The Morgan fingerprint density at radius 2 is 1.96 bits per heavy atom. The lowest BCUT2D eigenvalue weighted by atomic mass is 10.1. The second-order valence-corrected chi connectivity index (χ2v) is 6.66. The molecule has 2 N–H and O–H groups in total. The number of thiocarbonyl (C=S) groups is 1. The van der Waals surface area contributed by atoms with Gasteiger partial charge in [0.2, 0.25) is 5.95 Å². The standard InChI is InChI=1S/C17H16BrN5S/c1-12-3-2-4-13(9-12)10-23-11-19-16(22-23)21-17(24)20-15-7-5-14(18)6-8-15/h2-9,11H,10H2,1H3,(H2,20,21,22,24). The topological polar surface area (TPSA) is 54.8 Å². The fourth-order valence-electron chi connectivity index (χ4n) is 2.22. The Labute approximate surface area is 154 Å². The maximum atomic E-state index is 5.28. The summed E-state index contributed by atoms with van der Waals surface area (Å²) in [6.07, 6.45) is 1.69. The summed E-state index contributed by atoms with van der Waals surface area (Å²) in [4.78, 5) is 4.24. The number of rotatable bonds is 4. The summed E-state index contributed by atoms with van der Waals surface area (Å²) in [5, 5.41) is 10.9. The molecule has 24 heavy (non-hydrogen) atoms. The number of hydrogen-bond donors (Lipinski definition) is 2. The van der Waals surface area contributed by atoms with Crippen LogP contribution in [0.3, 0.4) is 0 Å². The molecule has 0 saturated carbocycles. The molecule has 1 heterocycles. The molecule has 0 radical (unpaired) electrons. The van der Waals surface area contributed by atoms with Crippen LogP contribution in [0.1, 0.15) is 11.1 Å². The van der Waals surface area contributed by atoms with E-state index in [2.05, 4.69) is 61.8 Å². The Morgan fingerprint density at radius 3 is 2.71 bits per heavy atom. The van der Waals surface area contributed by atoms with E-state index in [1.54, 1.807) is 11.0 Å². The molecular formula is C17H16BrN5S. The van der Waals surface area contributed by atoms with E-state index in [4.69, 9.17) is 12.2 Å². The van der Waals surface area contributed by atoms with Gasteiger partial charge in [0.1, 0.15) is 6.33 Å². The first-order chi connectivity index (χ1) is 11.6. The zero-order valence-electron chi connectivity index (χ0n) is 13.0. The Kier molecular flexibility index (Phi) is 5.22. The van der Waals surface area contributed by atoms with Crippen molar-refractivity contribution in [2.45, 2.75) is 13.5 Å². The van der Waals surface area contributed by atoms with Crippen molar-refractivity contribution < 1.29 is 0 Å². The van der Waals surface area contributed by atoms with E-state index in [0.717, 1.165) is 10.2 Å². The summed E-state index contributed by atoms with van der Waals surface area (Å²) in [5.41, 5.74) is 3.31. The van der Waals surface area contributed by atoms with Gasteiger partial charge in [-0.3, -0.25) is 5.32 Å². The van der Waals surface area contributed by atoms with Gasteiger partial charge in [-0.2, -0.15) is 0 Å². The lowest BCUT2D eigenvalue weighted by Gasteiger charge is -2.07. The van der Waals surface area contributed by atoms with Crippen LogP contribution in [-0.4, -0.2) is 19.9 Å². The van der Waals surface area contributed by atoms with Gasteiger partial charge in [0.15, 0.2) is 5.11 Å². The maximum Gasteiger partial charge on any atom is 0.248 e. The second-order valence-electron chi connectivity index (χ2n) is 5.34. The van der Waals surface area contributed by atoms with Crippen LogP contribution >= 0.6 is 28.1 Å². The third-order valence-corrected chi connectivity index (χ3v) is 4.02. The summed E-state index contributed by atoms with van der Waals surface area (Å²) in [6.45, 7) is 2.74. The van der Waals surface area contributed by atoms with Crippen LogP contribution in [0.2, 0.25) is 0 Å². The Morgan fingerprint density at radius 1 is 1.17 bits per heavy atom. The molecule has 0 aliphatic carbocycles. The molecule has 0 bridgehead atoms. The largest absolute Gasteiger partial charge is 0.332 e. The fraction of sp³-hybridized carbons (Fsp3) is 0.118. The van der Waals surface area contributed by atoms with Crippen molar-refractivity contribution in [3.63, 3.8) is 0 Å². The molecule has 1 aromatic heterocycles. The minimum atomic E-state index is 0.450. The Hall–Kier alpha value is -2.25. The molecule has 3 rings (SSSR count). The lowest BCUT2D eigenvalue weighted by Crippen LogP contribution is -2.20. The van der Waals surface area contributed by atoms with Crippen molar-refractivity contribution in [2.24, 2.45) is 0 Å². The highest BCUT2D eigenvalue weighted by atomic mass is 79.9. The molecule has 0 aliphatic heterocycles. The molecule has 122 valence electrons. The van der Waals surface area contributed by atoms with Gasteiger partial charge in [-0.25, -0.2) is 9.67 Å². The van der Waals surface area contributed by atoms with E-state index in [1.807, 2.05) is 30.3 Å². The van der Waals surface area contributed by atoms with Gasteiger partial charge in [0, 0.05) is 10.2 Å². The van der Waals surface area contributed by atoms with E-state index >= 15 is 0 Å². The van der Waals surface area contributed by atoms with Gasteiger partial charge >= 0.3 is 0 Å². The summed E-state index contributed by atoms with van der Waals surface area (Å²) < 4.78 is 2.79. The van der Waals surface area contributed by atoms with Gasteiger partial charge in [-0.05, 0) is 49.0 Å². The third kappa shape index (κ3) is 4.62. The molecule has 0 unspecified atom stereocenters. The predicted octanol–water partition coefficient (Wildman–Crippen LogP) is 4.21. The third-order valence-electron chi connectivity index (χ3n) is 3.29. The number of nitrogens with one attached hydrogen (secondary N) is 2. The predicted molar refractivity (Wildman–Crippen MR) is 104 cm³/mol. The molecule has 3 aromatic rings.